The predicted octanol–water partition coefficient (Wildman–Crippen LogP) is 0.673. The second-order valence-corrected chi connectivity index (χ2v) is 15.8. The third kappa shape index (κ3) is 7.17. The second kappa shape index (κ2) is 16.4. The summed E-state index contributed by atoms with van der Waals surface area (Å²) in [5.41, 5.74) is 4.68. The number of aromatic hydroxyl groups is 2. The number of hydrogen-bond donors (Lipinski definition) is 6. The van der Waals surface area contributed by atoms with Crippen LogP contribution in [0.15, 0.2) is 35.5 Å². The van der Waals surface area contributed by atoms with Crippen LogP contribution in [-0.4, -0.2) is 141 Å². The van der Waals surface area contributed by atoms with Gasteiger partial charge in [-0.3, -0.25) is 33.8 Å². The zero-order valence-electron chi connectivity index (χ0n) is 33.0. The molecule has 2 aliphatic carbocycles. The van der Waals surface area contributed by atoms with E-state index in [1.165, 1.54) is 37.5 Å². The molecular formula is C41H47N5O14. The number of hydrogen-bond acceptors (Lipinski definition) is 17. The number of fused-ring (bicyclic) bond motifs is 6. The van der Waals surface area contributed by atoms with Gasteiger partial charge in [-0.2, -0.15) is 5.10 Å². The molecule has 19 heteroatoms. The molecule has 0 saturated carbocycles. The lowest BCUT2D eigenvalue weighted by molar-refractivity contribution is -0.255. The van der Waals surface area contributed by atoms with Gasteiger partial charge in [-0.25, -0.2) is 5.43 Å². The molecule has 6 aliphatic rings. The lowest BCUT2D eigenvalue weighted by Gasteiger charge is -2.44. The Morgan fingerprint density at radius 3 is 2.52 bits per heavy atom. The van der Waals surface area contributed by atoms with Crippen LogP contribution in [0.1, 0.15) is 94.5 Å². The number of aliphatic hydroxyl groups excluding tert-OH is 1. The maximum atomic E-state index is 14.0. The van der Waals surface area contributed by atoms with Gasteiger partial charge in [0.15, 0.2) is 30.4 Å². The summed E-state index contributed by atoms with van der Waals surface area (Å²) in [7, 11) is 1.53. The number of phenols is 2. The summed E-state index contributed by atoms with van der Waals surface area (Å²) < 4.78 is 30.5. The number of nitrogens with zero attached hydrogens (tertiary/aromatic N) is 3. The molecule has 7 N–H and O–H groups in total. The number of hydrazone groups is 1. The first-order valence-corrected chi connectivity index (χ1v) is 19.9. The zero-order chi connectivity index (χ0) is 42.6. The van der Waals surface area contributed by atoms with Gasteiger partial charge in [0, 0.05) is 86.5 Å². The van der Waals surface area contributed by atoms with Crippen molar-refractivity contribution in [2.45, 2.75) is 101 Å². The van der Waals surface area contributed by atoms with Crippen LogP contribution in [-0.2, 0) is 44.5 Å². The molecule has 4 aliphatic heterocycles. The smallest absolute Gasteiger partial charge is 0.253 e. The first-order valence-electron chi connectivity index (χ1n) is 19.9. The van der Waals surface area contributed by atoms with Crippen LogP contribution in [0.25, 0.3) is 0 Å². The first kappa shape index (κ1) is 41.6. The highest BCUT2D eigenvalue weighted by atomic mass is 16.7. The molecule has 0 spiro atoms. The van der Waals surface area contributed by atoms with Crippen LogP contribution in [0.4, 0.5) is 5.69 Å². The summed E-state index contributed by atoms with van der Waals surface area (Å²) in [4.78, 5) is 67.7. The van der Waals surface area contributed by atoms with Crippen molar-refractivity contribution in [3.05, 3.63) is 63.7 Å². The van der Waals surface area contributed by atoms with Crippen molar-refractivity contribution in [3.8, 4) is 11.5 Å². The van der Waals surface area contributed by atoms with Crippen molar-refractivity contribution in [2.24, 2.45) is 5.10 Å². The van der Waals surface area contributed by atoms with Crippen molar-refractivity contribution in [1.29, 1.82) is 0 Å². The molecule has 2 aromatic carbocycles. The molecule has 60 heavy (non-hydrogen) atoms. The maximum Gasteiger partial charge on any atom is 0.253 e. The van der Waals surface area contributed by atoms with Crippen molar-refractivity contribution in [3.63, 3.8) is 0 Å². The number of rotatable bonds is 12. The Bertz CT molecular complexity index is 2180. The minimum atomic E-state index is -2.15. The van der Waals surface area contributed by atoms with E-state index in [-0.39, 0.29) is 77.0 Å². The SMILES string of the molecule is CO[C@H]1OCCN2[C@@H]1O[C@@H]1[C@H](C)O[C@@H](O[C@H]3C[C@](O)(/C(CO)=N/NC(=O)CCCCCN4C(=O)C=CC4=O)Cc4c(O)c5c(c(O)c43)C(=O)c3c(N)cccc3C5=O)C[C@@H]12. The lowest BCUT2D eigenvalue weighted by atomic mass is 9.71. The van der Waals surface area contributed by atoms with E-state index in [4.69, 9.17) is 29.4 Å². The van der Waals surface area contributed by atoms with Crippen LogP contribution in [0.2, 0.25) is 0 Å². The number of morpholine rings is 1. The Kier molecular flexibility index (Phi) is 11.4. The summed E-state index contributed by atoms with van der Waals surface area (Å²) in [6, 6.07) is 4.09. The van der Waals surface area contributed by atoms with Crippen LogP contribution in [0.3, 0.4) is 0 Å². The molecule has 19 nitrogen and oxygen atoms in total. The average Bonchev–Trinajstić information content (AvgIpc) is 3.76. The summed E-state index contributed by atoms with van der Waals surface area (Å²) in [5.74, 6) is -4.22. The number of nitrogen functional groups attached to an aromatic ring is 1. The Balaban J connectivity index is 1.08. The van der Waals surface area contributed by atoms with E-state index >= 15 is 0 Å². The van der Waals surface area contributed by atoms with Gasteiger partial charge in [0.25, 0.3) is 11.8 Å². The van der Waals surface area contributed by atoms with E-state index in [9.17, 15) is 44.4 Å². The van der Waals surface area contributed by atoms with E-state index in [2.05, 4.69) is 15.4 Å². The molecular weight excluding hydrogens is 786 g/mol. The van der Waals surface area contributed by atoms with Crippen LogP contribution in [0.5, 0.6) is 11.5 Å². The fraction of sp³-hybridized carbons (Fsp3) is 0.512. The van der Waals surface area contributed by atoms with Crippen LogP contribution < -0.4 is 11.2 Å². The minimum Gasteiger partial charge on any atom is -0.507 e. The van der Waals surface area contributed by atoms with Crippen LogP contribution >= 0.6 is 0 Å². The van der Waals surface area contributed by atoms with Gasteiger partial charge in [-0.05, 0) is 25.8 Å². The summed E-state index contributed by atoms with van der Waals surface area (Å²) in [6.07, 6.45) is -1.26. The van der Waals surface area contributed by atoms with Gasteiger partial charge >= 0.3 is 0 Å². The second-order valence-electron chi connectivity index (χ2n) is 15.8. The lowest BCUT2D eigenvalue weighted by Crippen LogP contribution is -2.55. The molecule has 0 unspecified atom stereocenters. The van der Waals surface area contributed by atoms with Crippen molar-refractivity contribution in [2.75, 3.05) is 39.1 Å². The van der Waals surface area contributed by atoms with E-state index < -0.39 is 96.2 Å². The molecule has 0 aromatic heterocycles. The molecule has 4 heterocycles. The van der Waals surface area contributed by atoms with Gasteiger partial charge in [-0.1, -0.05) is 18.6 Å². The Labute approximate surface area is 343 Å². The van der Waals surface area contributed by atoms with E-state index in [1.54, 1.807) is 0 Å². The minimum absolute atomic E-state index is 0.00349. The highest BCUT2D eigenvalue weighted by Crippen LogP contribution is 2.53. The number of phenolic OH excluding ortho intramolecular Hbond substituents is 2. The van der Waals surface area contributed by atoms with Crippen LogP contribution in [0, 0.1) is 0 Å². The zero-order valence-corrected chi connectivity index (χ0v) is 33.0. The number of methoxy groups -OCH3 is 1. The fourth-order valence-electron chi connectivity index (χ4n) is 9.29. The van der Waals surface area contributed by atoms with Gasteiger partial charge in [0.2, 0.25) is 5.91 Å². The molecule has 3 amide bonds. The number of aliphatic hydroxyl groups is 2. The number of anilines is 1. The maximum absolute atomic E-state index is 14.0. The van der Waals surface area contributed by atoms with Gasteiger partial charge in [0.05, 0.1) is 47.8 Å². The highest BCUT2D eigenvalue weighted by Gasteiger charge is 2.55. The Morgan fingerprint density at radius 2 is 1.78 bits per heavy atom. The average molecular weight is 834 g/mol. The number of amides is 3. The van der Waals surface area contributed by atoms with Crippen molar-refractivity contribution < 1.29 is 68.1 Å². The largest absolute Gasteiger partial charge is 0.507 e. The first-order chi connectivity index (χ1) is 28.8. The molecule has 8 rings (SSSR count). The number of nitrogens with one attached hydrogen (secondary N) is 1. The molecule has 8 atom stereocenters. The molecule has 2 aromatic rings. The molecule has 0 radical (unpaired) electrons. The molecule has 3 saturated heterocycles. The number of carbonyl (C=O) groups excluding carboxylic acids is 5. The van der Waals surface area contributed by atoms with E-state index in [0.29, 0.717) is 32.4 Å². The highest BCUT2D eigenvalue weighted by molar-refractivity contribution is 6.32. The number of carbonyl (C=O) groups is 5. The Hall–Kier alpha value is -5.12. The van der Waals surface area contributed by atoms with Gasteiger partial charge in [-0.15, -0.1) is 0 Å². The molecule has 320 valence electrons. The van der Waals surface area contributed by atoms with Gasteiger partial charge < -0.3 is 49.8 Å². The van der Waals surface area contributed by atoms with E-state index in [1.807, 2.05) is 6.92 Å². The van der Waals surface area contributed by atoms with E-state index in [0.717, 1.165) is 4.90 Å². The topological polar surface area (TPSA) is 269 Å². The number of ketones is 2. The summed E-state index contributed by atoms with van der Waals surface area (Å²) in [6.45, 7) is 2.11. The van der Waals surface area contributed by atoms with Gasteiger partial charge in [0.1, 0.15) is 23.2 Å². The number of benzene rings is 2. The number of ether oxygens (including phenoxy) is 5. The third-order valence-electron chi connectivity index (χ3n) is 12.2. The van der Waals surface area contributed by atoms with Crippen molar-refractivity contribution >= 4 is 40.7 Å². The fourth-order valence-corrected chi connectivity index (χ4v) is 9.29. The predicted molar refractivity (Wildman–Crippen MR) is 206 cm³/mol. The number of imide groups is 1. The Morgan fingerprint density at radius 1 is 1.03 bits per heavy atom. The monoisotopic (exact) mass is 833 g/mol. The molecule has 0 bridgehead atoms. The summed E-state index contributed by atoms with van der Waals surface area (Å²) in [5, 5.41) is 51.0. The number of nitrogens with two attached hydrogens (primary N) is 1. The standard InChI is InChI=1S/C41H47N5O14/c1-19-38-23(45-13-14-57-40(56-2)39(45)60-38)15-29(58-19)59-24-17-41(55,25(18-47)43-44-26(48)9-4-3-5-12-46-27(49)10-11-28(46)50)16-21-31(24)37(54)33-32(35(21)52)34(51)20-7-6-8-22(42)30(20)36(33)53/h6-8,10-11,19,23-24,29,38-40,47,52,54-55H,3-5,9,12-18,42H2,1-2H3,(H,44,48)/b43-25+/t19-,23-,24-,29-,38+,39+,40-,41-/m0/s1. The normalized spacial score (nSPS) is 29.9. The van der Waals surface area contributed by atoms with Crippen molar-refractivity contribution in [1.82, 2.24) is 15.2 Å². The summed E-state index contributed by atoms with van der Waals surface area (Å²) >= 11 is 0. The number of unbranched alkanes of at least 4 members (excludes halogenated alkanes) is 2. The third-order valence-corrected chi connectivity index (χ3v) is 12.2. The quantitative estimate of drug-likeness (QED) is 0.0366. The molecule has 3 fully saturated rings.